The number of hydrogen-bond acceptors (Lipinski definition) is 4. The molecule has 1 aliphatic heterocycles. The summed E-state index contributed by atoms with van der Waals surface area (Å²) in [5, 5.41) is 10.1. The molecule has 1 aromatic carbocycles. The third kappa shape index (κ3) is 4.02. The number of phenols is 1. The molecule has 1 saturated heterocycles. The zero-order valence-corrected chi connectivity index (χ0v) is 12.9. The predicted octanol–water partition coefficient (Wildman–Crippen LogP) is 2.12. The molecule has 0 radical (unpaired) electrons. The molecule has 0 aliphatic carbocycles. The second-order valence-corrected chi connectivity index (χ2v) is 6.13. The maximum atomic E-state index is 13.6. The van der Waals surface area contributed by atoms with Gasteiger partial charge >= 0.3 is 0 Å². The summed E-state index contributed by atoms with van der Waals surface area (Å²) in [5.74, 6) is -0.308. The van der Waals surface area contributed by atoms with E-state index in [0.717, 1.165) is 32.1 Å². The Morgan fingerprint density at radius 2 is 2.24 bits per heavy atom. The summed E-state index contributed by atoms with van der Waals surface area (Å²) in [6.07, 6.45) is 1.16. The summed E-state index contributed by atoms with van der Waals surface area (Å²) >= 11 is 0. The maximum Gasteiger partial charge on any atom is 0.163 e. The lowest BCUT2D eigenvalue weighted by atomic mass is 10.0. The fourth-order valence-corrected chi connectivity index (χ4v) is 3.02. The second kappa shape index (κ2) is 6.54. The van der Waals surface area contributed by atoms with E-state index in [2.05, 4.69) is 16.8 Å². The lowest BCUT2D eigenvalue weighted by Crippen LogP contribution is -2.27. The number of phenolic OH excluding ortho intramolecular Hbond substituents is 1. The first-order chi connectivity index (χ1) is 9.86. The average Bonchev–Trinajstić information content (AvgIpc) is 2.78. The SMILES string of the molecule is CC(=O)c1cc(F)cc(CN(C)CC2CCN(C)C2)c1O. The van der Waals surface area contributed by atoms with E-state index in [1.54, 1.807) is 0 Å². The Kier molecular flexibility index (Phi) is 4.96. The number of Topliss-reactive ketones (excluding diaryl/α,β-unsaturated/α-hetero) is 1. The lowest BCUT2D eigenvalue weighted by molar-refractivity contribution is 0.101. The first-order valence-corrected chi connectivity index (χ1v) is 7.26. The molecule has 116 valence electrons. The predicted molar refractivity (Wildman–Crippen MR) is 80.0 cm³/mol. The molecule has 4 nitrogen and oxygen atoms in total. The van der Waals surface area contributed by atoms with E-state index in [0.29, 0.717) is 18.0 Å². The van der Waals surface area contributed by atoms with Crippen LogP contribution in [0.2, 0.25) is 0 Å². The Bertz CT molecular complexity index is 533. The molecule has 0 bridgehead atoms. The average molecular weight is 294 g/mol. The largest absolute Gasteiger partial charge is 0.507 e. The minimum Gasteiger partial charge on any atom is -0.507 e. The van der Waals surface area contributed by atoms with Crippen LogP contribution >= 0.6 is 0 Å². The van der Waals surface area contributed by atoms with Crippen molar-refractivity contribution < 1.29 is 14.3 Å². The van der Waals surface area contributed by atoms with Crippen molar-refractivity contribution in [1.29, 1.82) is 0 Å². The van der Waals surface area contributed by atoms with Crippen molar-refractivity contribution in [2.24, 2.45) is 5.92 Å². The monoisotopic (exact) mass is 294 g/mol. The van der Waals surface area contributed by atoms with Crippen LogP contribution in [0.3, 0.4) is 0 Å². The van der Waals surface area contributed by atoms with Gasteiger partial charge in [-0.2, -0.15) is 0 Å². The molecule has 21 heavy (non-hydrogen) atoms. The van der Waals surface area contributed by atoms with Gasteiger partial charge in [0.1, 0.15) is 11.6 Å². The van der Waals surface area contributed by atoms with Crippen molar-refractivity contribution in [3.63, 3.8) is 0 Å². The van der Waals surface area contributed by atoms with Gasteiger partial charge in [-0.1, -0.05) is 0 Å². The van der Waals surface area contributed by atoms with Gasteiger partial charge in [-0.15, -0.1) is 0 Å². The van der Waals surface area contributed by atoms with Gasteiger partial charge < -0.3 is 14.9 Å². The van der Waals surface area contributed by atoms with Crippen LogP contribution in [0.25, 0.3) is 0 Å². The summed E-state index contributed by atoms with van der Waals surface area (Å²) in [5.41, 5.74) is 0.521. The third-order valence-electron chi connectivity index (χ3n) is 4.03. The molecule has 1 unspecified atom stereocenters. The topological polar surface area (TPSA) is 43.8 Å². The highest BCUT2D eigenvalue weighted by Crippen LogP contribution is 2.26. The Morgan fingerprint density at radius 1 is 1.52 bits per heavy atom. The number of carbonyl (C=O) groups is 1. The zero-order valence-electron chi connectivity index (χ0n) is 12.9. The van der Waals surface area contributed by atoms with Gasteiger partial charge in [-0.25, -0.2) is 4.39 Å². The van der Waals surface area contributed by atoms with Crippen LogP contribution in [0.15, 0.2) is 12.1 Å². The van der Waals surface area contributed by atoms with Crippen molar-refractivity contribution in [3.8, 4) is 5.75 Å². The minimum absolute atomic E-state index is 0.0546. The Hall–Kier alpha value is -1.46. The van der Waals surface area contributed by atoms with Gasteiger partial charge in [-0.05, 0) is 52.0 Å². The summed E-state index contributed by atoms with van der Waals surface area (Å²) < 4.78 is 13.6. The van der Waals surface area contributed by atoms with E-state index >= 15 is 0 Å². The molecular weight excluding hydrogens is 271 g/mol. The van der Waals surface area contributed by atoms with Gasteiger partial charge in [0.25, 0.3) is 0 Å². The van der Waals surface area contributed by atoms with E-state index in [1.807, 2.05) is 7.05 Å². The second-order valence-electron chi connectivity index (χ2n) is 6.13. The van der Waals surface area contributed by atoms with Crippen LogP contribution in [0.1, 0.15) is 29.3 Å². The van der Waals surface area contributed by atoms with Crippen molar-refractivity contribution >= 4 is 5.78 Å². The molecule has 1 fully saturated rings. The minimum atomic E-state index is -0.484. The Labute approximate surface area is 125 Å². The molecule has 1 aliphatic rings. The normalized spacial score (nSPS) is 19.4. The molecule has 1 aromatic rings. The van der Waals surface area contributed by atoms with Crippen LogP contribution in [0, 0.1) is 11.7 Å². The quantitative estimate of drug-likeness (QED) is 0.845. The molecule has 0 amide bonds. The summed E-state index contributed by atoms with van der Waals surface area (Å²) in [7, 11) is 4.06. The van der Waals surface area contributed by atoms with Crippen molar-refractivity contribution in [2.75, 3.05) is 33.7 Å². The molecular formula is C16H23FN2O2. The lowest BCUT2D eigenvalue weighted by Gasteiger charge is -2.22. The summed E-state index contributed by atoms with van der Waals surface area (Å²) in [6, 6.07) is 2.39. The van der Waals surface area contributed by atoms with E-state index < -0.39 is 5.82 Å². The standard InChI is InChI=1S/C16H23FN2O2/c1-11(20)15-7-14(17)6-13(16(15)21)10-19(3)9-12-4-5-18(2)8-12/h6-7,12,21H,4-5,8-10H2,1-3H3. The number of aromatic hydroxyl groups is 1. The number of nitrogens with zero attached hydrogens (tertiary/aromatic N) is 2. The van der Waals surface area contributed by atoms with Crippen LogP contribution in [-0.4, -0.2) is 54.4 Å². The van der Waals surface area contributed by atoms with Crippen molar-refractivity contribution in [2.45, 2.75) is 19.9 Å². The summed E-state index contributed by atoms with van der Waals surface area (Å²) in [4.78, 5) is 15.8. The highest BCUT2D eigenvalue weighted by Gasteiger charge is 2.21. The maximum absolute atomic E-state index is 13.6. The van der Waals surface area contributed by atoms with Crippen molar-refractivity contribution in [3.05, 3.63) is 29.1 Å². The number of rotatable bonds is 5. The zero-order chi connectivity index (χ0) is 15.6. The fourth-order valence-electron chi connectivity index (χ4n) is 3.02. The van der Waals surface area contributed by atoms with E-state index in [4.69, 9.17) is 0 Å². The van der Waals surface area contributed by atoms with E-state index in [1.165, 1.54) is 13.0 Å². The fraction of sp³-hybridized carbons (Fsp3) is 0.562. The Morgan fingerprint density at radius 3 is 2.81 bits per heavy atom. The van der Waals surface area contributed by atoms with Gasteiger partial charge in [0.2, 0.25) is 0 Å². The van der Waals surface area contributed by atoms with Crippen molar-refractivity contribution in [1.82, 2.24) is 9.80 Å². The molecule has 1 atom stereocenters. The highest BCUT2D eigenvalue weighted by molar-refractivity contribution is 5.97. The molecule has 1 heterocycles. The number of ketones is 1. The first-order valence-electron chi connectivity index (χ1n) is 7.26. The number of hydrogen-bond donors (Lipinski definition) is 1. The van der Waals surface area contributed by atoms with Crippen LogP contribution in [0.4, 0.5) is 4.39 Å². The number of likely N-dealkylation sites (tertiary alicyclic amines) is 1. The third-order valence-corrected chi connectivity index (χ3v) is 4.03. The highest BCUT2D eigenvalue weighted by atomic mass is 19.1. The van der Waals surface area contributed by atoms with Gasteiger partial charge in [0.15, 0.2) is 5.78 Å². The molecule has 0 spiro atoms. The molecule has 0 aromatic heterocycles. The van der Waals surface area contributed by atoms with Gasteiger partial charge in [0.05, 0.1) is 5.56 Å². The van der Waals surface area contributed by atoms with Crippen LogP contribution in [0.5, 0.6) is 5.75 Å². The van der Waals surface area contributed by atoms with E-state index in [9.17, 15) is 14.3 Å². The van der Waals surface area contributed by atoms with Crippen LogP contribution in [-0.2, 0) is 6.54 Å². The number of benzene rings is 1. The number of halogens is 1. The van der Waals surface area contributed by atoms with Gasteiger partial charge in [-0.3, -0.25) is 4.79 Å². The Balaban J connectivity index is 2.06. The van der Waals surface area contributed by atoms with E-state index in [-0.39, 0.29) is 17.1 Å². The molecule has 1 N–H and O–H groups in total. The summed E-state index contributed by atoms with van der Waals surface area (Å²) in [6.45, 7) is 4.84. The number of carbonyl (C=O) groups excluding carboxylic acids is 1. The molecule has 5 heteroatoms. The van der Waals surface area contributed by atoms with Gasteiger partial charge in [0, 0.05) is 25.2 Å². The van der Waals surface area contributed by atoms with Crippen LogP contribution < -0.4 is 0 Å². The smallest absolute Gasteiger partial charge is 0.163 e. The molecule has 0 saturated carbocycles. The first kappa shape index (κ1) is 15.9. The molecule has 2 rings (SSSR count).